The highest BCUT2D eigenvalue weighted by atomic mass is 35.5. The van der Waals surface area contributed by atoms with Gasteiger partial charge < -0.3 is 9.80 Å². The summed E-state index contributed by atoms with van der Waals surface area (Å²) in [5, 5.41) is 0.897. The van der Waals surface area contributed by atoms with Crippen LogP contribution in [0.1, 0.15) is 47.2 Å². The molecule has 2 heterocycles. The summed E-state index contributed by atoms with van der Waals surface area (Å²) in [6.07, 6.45) is 5.54. The Bertz CT molecular complexity index is 1060. The van der Waals surface area contributed by atoms with E-state index in [0.717, 1.165) is 25.8 Å². The van der Waals surface area contributed by atoms with Crippen LogP contribution >= 0.6 is 23.2 Å². The van der Waals surface area contributed by atoms with Gasteiger partial charge in [-0.3, -0.25) is 14.5 Å². The third kappa shape index (κ3) is 4.84. The number of carbonyl (C=O) groups is 2. The molecule has 2 aliphatic heterocycles. The van der Waals surface area contributed by atoms with Crippen LogP contribution in [-0.2, 0) is 17.8 Å². The zero-order valence-electron chi connectivity index (χ0n) is 19.4. The first-order valence-corrected chi connectivity index (χ1v) is 13.1. The van der Waals surface area contributed by atoms with Gasteiger partial charge in [0.2, 0.25) is 5.91 Å². The Kier molecular flexibility index (Phi) is 7.14. The minimum atomic E-state index is -0.0934. The molecule has 2 aromatic rings. The number of carbonyl (C=O) groups excluding carboxylic acids is 2. The highest BCUT2D eigenvalue weighted by Gasteiger charge is 2.40. The Morgan fingerprint density at radius 1 is 0.853 bits per heavy atom. The van der Waals surface area contributed by atoms with Crippen molar-refractivity contribution in [2.75, 3.05) is 32.7 Å². The summed E-state index contributed by atoms with van der Waals surface area (Å²) >= 11 is 12.3. The lowest BCUT2D eigenvalue weighted by atomic mass is 9.92. The van der Waals surface area contributed by atoms with E-state index in [1.165, 1.54) is 24.0 Å². The molecule has 7 heteroatoms. The van der Waals surface area contributed by atoms with Crippen molar-refractivity contribution in [1.82, 2.24) is 14.7 Å². The third-order valence-electron chi connectivity index (χ3n) is 7.70. The molecule has 0 N–H and O–H groups in total. The number of hydrogen-bond donors (Lipinski definition) is 0. The van der Waals surface area contributed by atoms with E-state index in [0.29, 0.717) is 54.3 Å². The number of benzene rings is 2. The topological polar surface area (TPSA) is 43.9 Å². The van der Waals surface area contributed by atoms with Crippen molar-refractivity contribution in [3.8, 4) is 0 Å². The van der Waals surface area contributed by atoms with Crippen LogP contribution in [0.4, 0.5) is 0 Å². The van der Waals surface area contributed by atoms with Gasteiger partial charge in [0, 0.05) is 44.3 Å². The average Bonchev–Trinajstić information content (AvgIpc) is 3.38. The van der Waals surface area contributed by atoms with Crippen LogP contribution in [-0.4, -0.2) is 65.3 Å². The van der Waals surface area contributed by atoms with Crippen LogP contribution in [0, 0.1) is 5.92 Å². The van der Waals surface area contributed by atoms with Gasteiger partial charge in [0.15, 0.2) is 0 Å². The fourth-order valence-electron chi connectivity index (χ4n) is 5.84. The Morgan fingerprint density at radius 2 is 1.56 bits per heavy atom. The number of nitrogens with zero attached hydrogens (tertiary/aromatic N) is 3. The van der Waals surface area contributed by atoms with E-state index < -0.39 is 0 Å². The molecule has 2 aromatic carbocycles. The quantitative estimate of drug-likeness (QED) is 0.600. The molecule has 3 aliphatic rings. The van der Waals surface area contributed by atoms with E-state index in [9.17, 15) is 9.59 Å². The normalized spacial score (nSPS) is 20.3. The molecule has 5 rings (SSSR count). The van der Waals surface area contributed by atoms with E-state index in [1.54, 1.807) is 18.2 Å². The summed E-state index contributed by atoms with van der Waals surface area (Å²) in [6, 6.07) is 13.4. The predicted molar refractivity (Wildman–Crippen MR) is 135 cm³/mol. The Labute approximate surface area is 211 Å². The standard InChI is InChI=1S/C27H31Cl2N3O2/c28-22-9-10-23(24(29)17-22)26(33)31-15-13-30(14-16-31)25(20-6-2-3-7-20)27(34)32-12-11-19-5-1-4-8-21(19)18-32/h1,4-5,8-10,17,20,25H,2-3,6-7,11-16,18H2/t25-/m1/s1. The second kappa shape index (κ2) is 10.3. The van der Waals surface area contributed by atoms with Crippen molar-refractivity contribution >= 4 is 35.0 Å². The molecule has 2 amide bonds. The maximum absolute atomic E-state index is 13.9. The lowest BCUT2D eigenvalue weighted by Gasteiger charge is -2.43. The lowest BCUT2D eigenvalue weighted by molar-refractivity contribution is -0.141. The molecule has 1 atom stereocenters. The van der Waals surface area contributed by atoms with Crippen LogP contribution in [0.2, 0.25) is 10.0 Å². The number of hydrogen-bond acceptors (Lipinski definition) is 3. The molecular formula is C27H31Cl2N3O2. The zero-order valence-corrected chi connectivity index (χ0v) is 20.9. The van der Waals surface area contributed by atoms with Gasteiger partial charge in [-0.25, -0.2) is 0 Å². The van der Waals surface area contributed by atoms with Gasteiger partial charge in [0.1, 0.15) is 0 Å². The van der Waals surface area contributed by atoms with Gasteiger partial charge in [-0.15, -0.1) is 0 Å². The molecule has 0 unspecified atom stereocenters. The summed E-state index contributed by atoms with van der Waals surface area (Å²) in [5.41, 5.74) is 3.11. The molecule has 180 valence electrons. The summed E-state index contributed by atoms with van der Waals surface area (Å²) in [5.74, 6) is 0.595. The molecule has 0 aromatic heterocycles. The molecule has 34 heavy (non-hydrogen) atoms. The van der Waals surface area contributed by atoms with Gasteiger partial charge in [-0.05, 0) is 54.5 Å². The van der Waals surface area contributed by atoms with E-state index in [-0.39, 0.29) is 17.9 Å². The molecule has 1 saturated heterocycles. The highest BCUT2D eigenvalue weighted by molar-refractivity contribution is 6.36. The first-order valence-electron chi connectivity index (χ1n) is 12.3. The van der Waals surface area contributed by atoms with Crippen LogP contribution in [0.15, 0.2) is 42.5 Å². The van der Waals surface area contributed by atoms with Crippen LogP contribution < -0.4 is 0 Å². The average molecular weight is 500 g/mol. The third-order valence-corrected chi connectivity index (χ3v) is 8.25. The van der Waals surface area contributed by atoms with Crippen molar-refractivity contribution in [3.05, 3.63) is 69.2 Å². The summed E-state index contributed by atoms with van der Waals surface area (Å²) in [6.45, 7) is 4.08. The van der Waals surface area contributed by atoms with Gasteiger partial charge in [-0.1, -0.05) is 60.3 Å². The molecular weight excluding hydrogens is 469 g/mol. The minimum Gasteiger partial charge on any atom is -0.337 e. The lowest BCUT2D eigenvalue weighted by Crippen LogP contribution is -2.58. The molecule has 5 nitrogen and oxygen atoms in total. The van der Waals surface area contributed by atoms with Crippen molar-refractivity contribution < 1.29 is 9.59 Å². The van der Waals surface area contributed by atoms with E-state index in [1.807, 2.05) is 4.90 Å². The fraction of sp³-hybridized carbons (Fsp3) is 0.481. The van der Waals surface area contributed by atoms with Crippen LogP contribution in [0.25, 0.3) is 0 Å². The molecule has 1 aliphatic carbocycles. The van der Waals surface area contributed by atoms with Gasteiger partial charge in [-0.2, -0.15) is 0 Å². The summed E-state index contributed by atoms with van der Waals surface area (Å²) < 4.78 is 0. The van der Waals surface area contributed by atoms with Gasteiger partial charge in [0.05, 0.1) is 16.6 Å². The largest absolute Gasteiger partial charge is 0.337 e. The molecule has 1 saturated carbocycles. The molecule has 0 bridgehead atoms. The van der Waals surface area contributed by atoms with E-state index >= 15 is 0 Å². The smallest absolute Gasteiger partial charge is 0.255 e. The SMILES string of the molecule is O=C(c1ccc(Cl)cc1Cl)N1CCN([C@@H](C(=O)N2CCc3ccccc3C2)C2CCCC2)CC1. The summed E-state index contributed by atoms with van der Waals surface area (Å²) in [4.78, 5) is 33.2. The Hall–Kier alpha value is -2.08. The second-order valence-corrected chi connectivity index (χ2v) is 10.6. The number of halogens is 2. The van der Waals surface area contributed by atoms with Gasteiger partial charge >= 0.3 is 0 Å². The highest BCUT2D eigenvalue weighted by Crippen LogP contribution is 2.33. The summed E-state index contributed by atoms with van der Waals surface area (Å²) in [7, 11) is 0. The van der Waals surface area contributed by atoms with Crippen LogP contribution in [0.5, 0.6) is 0 Å². The fourth-order valence-corrected chi connectivity index (χ4v) is 6.33. The second-order valence-electron chi connectivity index (χ2n) is 9.72. The van der Waals surface area contributed by atoms with Crippen LogP contribution in [0.3, 0.4) is 0 Å². The van der Waals surface area contributed by atoms with Crippen molar-refractivity contribution in [3.63, 3.8) is 0 Å². The van der Waals surface area contributed by atoms with Crippen molar-refractivity contribution in [2.24, 2.45) is 5.92 Å². The van der Waals surface area contributed by atoms with Crippen molar-refractivity contribution in [2.45, 2.75) is 44.7 Å². The van der Waals surface area contributed by atoms with E-state index in [4.69, 9.17) is 23.2 Å². The Morgan fingerprint density at radius 3 is 2.26 bits per heavy atom. The maximum atomic E-state index is 13.9. The monoisotopic (exact) mass is 499 g/mol. The molecule has 0 radical (unpaired) electrons. The molecule has 0 spiro atoms. The number of rotatable bonds is 4. The zero-order chi connectivity index (χ0) is 23.7. The first-order chi connectivity index (χ1) is 16.5. The molecule has 2 fully saturated rings. The number of fused-ring (bicyclic) bond motifs is 1. The van der Waals surface area contributed by atoms with Gasteiger partial charge in [0.25, 0.3) is 5.91 Å². The first kappa shape index (κ1) is 23.7. The minimum absolute atomic E-state index is 0.0716. The van der Waals surface area contributed by atoms with E-state index in [2.05, 4.69) is 34.1 Å². The number of piperazine rings is 1. The predicted octanol–water partition coefficient (Wildman–Crippen LogP) is 4.89. The Balaban J connectivity index is 1.28. The number of amides is 2. The maximum Gasteiger partial charge on any atom is 0.255 e. The van der Waals surface area contributed by atoms with Crippen molar-refractivity contribution in [1.29, 1.82) is 0 Å².